The fourth-order valence-electron chi connectivity index (χ4n) is 2.10. The van der Waals surface area contributed by atoms with Crippen LogP contribution in [-0.4, -0.2) is 13.7 Å². The largest absolute Gasteiger partial charge is 0.494 e. The van der Waals surface area contributed by atoms with Crippen molar-refractivity contribution in [3.8, 4) is 5.75 Å². The van der Waals surface area contributed by atoms with E-state index in [1.165, 1.54) is 7.11 Å². The number of hydrogen-bond donors (Lipinski definition) is 1. The maximum Gasteiger partial charge on any atom is 0.170 e. The van der Waals surface area contributed by atoms with Gasteiger partial charge in [0.1, 0.15) is 0 Å². The van der Waals surface area contributed by atoms with E-state index in [4.69, 9.17) is 4.74 Å². The van der Waals surface area contributed by atoms with Crippen LogP contribution in [0.1, 0.15) is 29.0 Å². The quantitative estimate of drug-likeness (QED) is 0.839. The first-order valence-electron chi connectivity index (χ1n) is 6.40. The number of nitrogens with one attached hydrogen (secondary N) is 1. The Morgan fingerprint density at radius 1 is 1.45 bits per heavy atom. The summed E-state index contributed by atoms with van der Waals surface area (Å²) >= 11 is 5.15. The Morgan fingerprint density at radius 3 is 2.75 bits per heavy atom. The van der Waals surface area contributed by atoms with Crippen molar-refractivity contribution < 1.29 is 9.13 Å². The molecule has 1 heterocycles. The van der Waals surface area contributed by atoms with E-state index in [-0.39, 0.29) is 17.6 Å². The van der Waals surface area contributed by atoms with Crippen molar-refractivity contribution in [2.75, 3.05) is 13.7 Å². The van der Waals surface area contributed by atoms with Gasteiger partial charge in [-0.3, -0.25) is 0 Å². The first kappa shape index (κ1) is 15.5. The fourth-order valence-corrected chi connectivity index (χ4v) is 3.77. The number of aryl methyl sites for hydroxylation is 1. The minimum atomic E-state index is -0.303. The second-order valence-electron chi connectivity index (χ2n) is 4.46. The van der Waals surface area contributed by atoms with E-state index >= 15 is 0 Å². The molecule has 0 aliphatic carbocycles. The second-order valence-corrected chi connectivity index (χ2v) is 6.86. The molecule has 2 aromatic rings. The molecule has 0 aliphatic heterocycles. The van der Waals surface area contributed by atoms with E-state index in [1.807, 2.05) is 19.9 Å². The second kappa shape index (κ2) is 6.70. The number of rotatable bonds is 5. The monoisotopic (exact) mass is 357 g/mol. The van der Waals surface area contributed by atoms with Crippen LogP contribution in [0, 0.1) is 12.7 Å². The summed E-state index contributed by atoms with van der Waals surface area (Å²) in [5, 5.41) is 3.34. The lowest BCUT2D eigenvalue weighted by molar-refractivity contribution is 0.382. The molecule has 2 rings (SSSR count). The van der Waals surface area contributed by atoms with Crippen molar-refractivity contribution in [2.45, 2.75) is 19.9 Å². The number of methoxy groups -OCH3 is 1. The van der Waals surface area contributed by atoms with Gasteiger partial charge in [0, 0.05) is 10.4 Å². The number of benzene rings is 1. The van der Waals surface area contributed by atoms with Gasteiger partial charge in [-0.1, -0.05) is 19.1 Å². The Bertz CT molecular complexity index is 580. The van der Waals surface area contributed by atoms with Gasteiger partial charge in [-0.15, -0.1) is 11.3 Å². The van der Waals surface area contributed by atoms with Gasteiger partial charge >= 0.3 is 0 Å². The van der Waals surface area contributed by atoms with Gasteiger partial charge < -0.3 is 10.1 Å². The third-order valence-electron chi connectivity index (χ3n) is 3.09. The molecule has 1 aromatic heterocycles. The highest BCUT2D eigenvalue weighted by molar-refractivity contribution is 9.11. The molecule has 1 N–H and O–H groups in total. The van der Waals surface area contributed by atoms with Crippen LogP contribution in [0.15, 0.2) is 28.1 Å². The van der Waals surface area contributed by atoms with E-state index in [0.717, 1.165) is 20.8 Å². The summed E-state index contributed by atoms with van der Waals surface area (Å²) in [6.07, 6.45) is 0. The van der Waals surface area contributed by atoms with Crippen LogP contribution in [0.25, 0.3) is 0 Å². The van der Waals surface area contributed by atoms with E-state index in [9.17, 15) is 4.39 Å². The number of thiophene rings is 1. The maximum absolute atomic E-state index is 14.5. The standard InChI is InChI=1S/C15H17BrFNOS/c1-4-18-14(12-8-9(2)15(16)20-12)10-6-5-7-11(19-3)13(10)17/h5-8,14,18H,4H2,1-3H3. The van der Waals surface area contributed by atoms with Gasteiger partial charge in [0.15, 0.2) is 11.6 Å². The lowest BCUT2D eigenvalue weighted by Crippen LogP contribution is -2.22. The molecule has 0 aliphatic rings. The van der Waals surface area contributed by atoms with Crippen LogP contribution in [0.5, 0.6) is 5.75 Å². The van der Waals surface area contributed by atoms with Crippen LogP contribution in [0.2, 0.25) is 0 Å². The summed E-state index contributed by atoms with van der Waals surface area (Å²) in [4.78, 5) is 1.09. The normalized spacial score (nSPS) is 12.4. The van der Waals surface area contributed by atoms with Crippen molar-refractivity contribution in [3.63, 3.8) is 0 Å². The maximum atomic E-state index is 14.5. The summed E-state index contributed by atoms with van der Waals surface area (Å²) in [5.74, 6) is -0.0270. The molecule has 0 fully saturated rings. The SMILES string of the molecule is CCNC(c1cc(C)c(Br)s1)c1cccc(OC)c1F. The molecule has 1 aromatic carbocycles. The Labute approximate surface area is 131 Å². The van der Waals surface area contributed by atoms with E-state index in [1.54, 1.807) is 23.5 Å². The van der Waals surface area contributed by atoms with Gasteiger partial charge in [-0.05, 0) is 47.1 Å². The molecule has 1 unspecified atom stereocenters. The van der Waals surface area contributed by atoms with Crippen molar-refractivity contribution in [3.05, 3.63) is 49.9 Å². The van der Waals surface area contributed by atoms with Crippen LogP contribution in [0.3, 0.4) is 0 Å². The zero-order valence-corrected chi connectivity index (χ0v) is 14.1. The topological polar surface area (TPSA) is 21.3 Å². The van der Waals surface area contributed by atoms with Crippen LogP contribution in [0.4, 0.5) is 4.39 Å². The molecule has 108 valence electrons. The highest BCUT2D eigenvalue weighted by Gasteiger charge is 2.21. The van der Waals surface area contributed by atoms with Gasteiger partial charge in [0.25, 0.3) is 0 Å². The third-order valence-corrected chi connectivity index (χ3v) is 5.29. The molecule has 0 spiro atoms. The smallest absolute Gasteiger partial charge is 0.170 e. The van der Waals surface area contributed by atoms with Gasteiger partial charge in [-0.25, -0.2) is 4.39 Å². The van der Waals surface area contributed by atoms with E-state index in [2.05, 4.69) is 27.3 Å². The first-order chi connectivity index (χ1) is 9.58. The Kier molecular flexibility index (Phi) is 5.18. The van der Waals surface area contributed by atoms with Crippen molar-refractivity contribution in [1.82, 2.24) is 5.32 Å². The lowest BCUT2D eigenvalue weighted by Gasteiger charge is -2.18. The molecule has 0 saturated carbocycles. The van der Waals surface area contributed by atoms with Crippen LogP contribution >= 0.6 is 27.3 Å². The molecule has 0 radical (unpaired) electrons. The van der Waals surface area contributed by atoms with Crippen molar-refractivity contribution in [1.29, 1.82) is 0 Å². The third kappa shape index (κ3) is 3.05. The Hall–Kier alpha value is -0.910. The first-order valence-corrected chi connectivity index (χ1v) is 8.01. The Morgan fingerprint density at radius 2 is 2.20 bits per heavy atom. The minimum absolute atomic E-state index is 0.162. The number of hydrogen-bond acceptors (Lipinski definition) is 3. The van der Waals surface area contributed by atoms with E-state index < -0.39 is 0 Å². The average molecular weight is 358 g/mol. The predicted octanol–water partition coefficient (Wildman–Crippen LogP) is 4.67. The Balaban J connectivity index is 2.48. The highest BCUT2D eigenvalue weighted by Crippen LogP contribution is 2.36. The summed E-state index contributed by atoms with van der Waals surface area (Å²) in [6, 6.07) is 7.18. The molecular formula is C15H17BrFNOS. The van der Waals surface area contributed by atoms with Gasteiger partial charge in [0.2, 0.25) is 0 Å². The predicted molar refractivity (Wildman–Crippen MR) is 85.2 cm³/mol. The van der Waals surface area contributed by atoms with Gasteiger partial charge in [-0.2, -0.15) is 0 Å². The number of halogens is 2. The summed E-state index contributed by atoms with van der Waals surface area (Å²) in [5.41, 5.74) is 1.77. The van der Waals surface area contributed by atoms with Crippen LogP contribution in [-0.2, 0) is 0 Å². The van der Waals surface area contributed by atoms with E-state index in [0.29, 0.717) is 5.56 Å². The minimum Gasteiger partial charge on any atom is -0.494 e. The zero-order valence-electron chi connectivity index (χ0n) is 11.7. The molecule has 2 nitrogen and oxygen atoms in total. The molecule has 5 heteroatoms. The molecule has 0 amide bonds. The molecule has 20 heavy (non-hydrogen) atoms. The van der Waals surface area contributed by atoms with Gasteiger partial charge in [0.05, 0.1) is 16.9 Å². The summed E-state index contributed by atoms with van der Waals surface area (Å²) < 4.78 is 20.6. The highest BCUT2D eigenvalue weighted by atomic mass is 79.9. The fraction of sp³-hybridized carbons (Fsp3) is 0.333. The molecular weight excluding hydrogens is 341 g/mol. The van der Waals surface area contributed by atoms with Crippen molar-refractivity contribution >= 4 is 27.3 Å². The zero-order chi connectivity index (χ0) is 14.7. The lowest BCUT2D eigenvalue weighted by atomic mass is 10.0. The average Bonchev–Trinajstić information content (AvgIpc) is 2.76. The molecule has 0 bridgehead atoms. The number of ether oxygens (including phenoxy) is 1. The molecule has 0 saturated heterocycles. The van der Waals surface area contributed by atoms with Crippen molar-refractivity contribution in [2.24, 2.45) is 0 Å². The van der Waals surface area contributed by atoms with Crippen LogP contribution < -0.4 is 10.1 Å². The molecule has 1 atom stereocenters. The summed E-state index contributed by atoms with van der Waals surface area (Å²) in [6.45, 7) is 4.81. The summed E-state index contributed by atoms with van der Waals surface area (Å²) in [7, 11) is 1.48.